The minimum atomic E-state index is -1.01. The highest BCUT2D eigenvalue weighted by atomic mass is 35.5. The monoisotopic (exact) mass is 414 g/mol. The van der Waals surface area contributed by atoms with Crippen molar-refractivity contribution < 1.29 is 19.0 Å². The van der Waals surface area contributed by atoms with Gasteiger partial charge in [0.25, 0.3) is 0 Å². The van der Waals surface area contributed by atoms with Crippen molar-refractivity contribution in [2.24, 2.45) is 0 Å². The number of halogens is 2. The van der Waals surface area contributed by atoms with Crippen LogP contribution >= 0.6 is 11.6 Å². The molecule has 0 radical (unpaired) electrons. The summed E-state index contributed by atoms with van der Waals surface area (Å²) in [7, 11) is 1.35. The van der Waals surface area contributed by atoms with E-state index < -0.39 is 11.8 Å². The van der Waals surface area contributed by atoms with Crippen LogP contribution in [0.3, 0.4) is 0 Å². The van der Waals surface area contributed by atoms with E-state index in [9.17, 15) is 9.18 Å². The summed E-state index contributed by atoms with van der Waals surface area (Å²) >= 11 is 6.16. The van der Waals surface area contributed by atoms with Gasteiger partial charge in [0.05, 0.1) is 34.8 Å². The second-order valence-electron chi connectivity index (χ2n) is 6.52. The second-order valence-corrected chi connectivity index (χ2v) is 6.92. The Morgan fingerprint density at radius 1 is 1.17 bits per heavy atom. The van der Waals surface area contributed by atoms with E-state index in [1.54, 1.807) is 24.4 Å². The third-order valence-corrected chi connectivity index (χ3v) is 4.77. The summed E-state index contributed by atoms with van der Waals surface area (Å²) in [6.45, 7) is 2.09. The lowest BCUT2D eigenvalue weighted by atomic mass is 10.0. The molecule has 5 nitrogen and oxygen atoms in total. The molecule has 2 aromatic carbocycles. The van der Waals surface area contributed by atoms with E-state index in [0.717, 1.165) is 25.0 Å². The maximum atomic E-state index is 14.4. The second kappa shape index (κ2) is 9.01. The number of unbranched alkanes of at least 4 members (excludes halogenated alkanes) is 1. The molecule has 29 heavy (non-hydrogen) atoms. The molecule has 0 saturated carbocycles. The smallest absolute Gasteiger partial charge is 0.335 e. The number of carbonyl (C=O) groups is 1. The van der Waals surface area contributed by atoms with E-state index in [4.69, 9.17) is 26.4 Å². The molecular weight excluding hydrogens is 395 g/mol. The van der Waals surface area contributed by atoms with E-state index in [2.05, 4.69) is 11.9 Å². The first-order valence-corrected chi connectivity index (χ1v) is 9.55. The van der Waals surface area contributed by atoms with E-state index >= 15 is 0 Å². The van der Waals surface area contributed by atoms with E-state index in [1.165, 1.54) is 25.3 Å². The van der Waals surface area contributed by atoms with E-state index in [-0.39, 0.29) is 16.3 Å². The van der Waals surface area contributed by atoms with Crippen molar-refractivity contribution in [1.29, 1.82) is 0 Å². The SMILES string of the molecule is CCCCc1cnc(-c2cc(F)c(OC)c(Cl)c2)c(-c2ccc(C(=O)O)cc2)n1. The average Bonchev–Trinajstić information content (AvgIpc) is 2.72. The normalized spacial score (nSPS) is 10.8. The molecule has 0 bridgehead atoms. The predicted octanol–water partition coefficient (Wildman–Crippen LogP) is 5.65. The Morgan fingerprint density at radius 3 is 2.48 bits per heavy atom. The van der Waals surface area contributed by atoms with Crippen LogP contribution in [-0.4, -0.2) is 28.2 Å². The molecule has 0 unspecified atom stereocenters. The number of benzene rings is 2. The molecule has 3 aromatic rings. The zero-order valence-electron chi connectivity index (χ0n) is 16.1. The number of hydrogen-bond acceptors (Lipinski definition) is 4. The molecule has 0 aliphatic rings. The highest BCUT2D eigenvalue weighted by Crippen LogP contribution is 2.36. The standard InChI is InChI=1S/C22H20ClFN2O3/c1-3-4-5-16-12-25-19(15-10-17(23)21(29-2)18(24)11-15)20(26-16)13-6-8-14(9-7-13)22(27)28/h6-12H,3-5H2,1-2H3,(H,27,28). The van der Waals surface area contributed by atoms with Gasteiger partial charge in [0.1, 0.15) is 0 Å². The first-order valence-electron chi connectivity index (χ1n) is 9.17. The largest absolute Gasteiger partial charge is 0.492 e. The van der Waals surface area contributed by atoms with Crippen LogP contribution in [0.2, 0.25) is 5.02 Å². The van der Waals surface area contributed by atoms with E-state index in [0.29, 0.717) is 22.5 Å². The number of carboxylic acids is 1. The number of nitrogens with zero attached hydrogens (tertiary/aromatic N) is 2. The molecule has 3 rings (SSSR count). The average molecular weight is 415 g/mol. The predicted molar refractivity (Wildman–Crippen MR) is 110 cm³/mol. The zero-order valence-corrected chi connectivity index (χ0v) is 16.8. The fraction of sp³-hybridized carbons (Fsp3) is 0.227. The van der Waals surface area contributed by atoms with Crippen LogP contribution in [0.1, 0.15) is 35.8 Å². The molecule has 0 aliphatic heterocycles. The van der Waals surface area contributed by atoms with Crippen LogP contribution < -0.4 is 4.74 Å². The Kier molecular flexibility index (Phi) is 6.44. The van der Waals surface area contributed by atoms with Crippen molar-refractivity contribution in [1.82, 2.24) is 9.97 Å². The molecule has 0 amide bonds. The maximum absolute atomic E-state index is 14.4. The Balaban J connectivity index is 2.15. The topological polar surface area (TPSA) is 72.3 Å². The van der Waals surface area contributed by atoms with Gasteiger partial charge in [-0.1, -0.05) is 37.1 Å². The van der Waals surface area contributed by atoms with Crippen molar-refractivity contribution >= 4 is 17.6 Å². The number of carboxylic acid groups (broad SMARTS) is 1. The van der Waals surface area contributed by atoms with Gasteiger partial charge in [0, 0.05) is 17.3 Å². The van der Waals surface area contributed by atoms with Crippen LogP contribution in [-0.2, 0) is 6.42 Å². The highest BCUT2D eigenvalue weighted by molar-refractivity contribution is 6.32. The van der Waals surface area contributed by atoms with Crippen molar-refractivity contribution in [2.75, 3.05) is 7.11 Å². The lowest BCUT2D eigenvalue weighted by molar-refractivity contribution is 0.0697. The molecule has 1 aromatic heterocycles. The molecule has 0 atom stereocenters. The van der Waals surface area contributed by atoms with Gasteiger partial charge in [-0.2, -0.15) is 0 Å². The summed E-state index contributed by atoms with van der Waals surface area (Å²) in [5, 5.41) is 9.27. The summed E-state index contributed by atoms with van der Waals surface area (Å²) in [6.07, 6.45) is 4.43. The molecule has 7 heteroatoms. The first kappa shape index (κ1) is 20.7. The number of methoxy groups -OCH3 is 1. The van der Waals surface area contributed by atoms with Crippen LogP contribution in [0.4, 0.5) is 4.39 Å². The molecule has 1 N–H and O–H groups in total. The quantitative estimate of drug-likeness (QED) is 0.540. The minimum absolute atomic E-state index is 0.0321. The summed E-state index contributed by atoms with van der Waals surface area (Å²) in [4.78, 5) is 20.4. The van der Waals surface area contributed by atoms with Crippen LogP contribution in [0.25, 0.3) is 22.5 Å². The van der Waals surface area contributed by atoms with Gasteiger partial charge in [0.2, 0.25) is 0 Å². The third-order valence-electron chi connectivity index (χ3n) is 4.49. The number of aromatic nitrogens is 2. The van der Waals surface area contributed by atoms with Gasteiger partial charge in [-0.3, -0.25) is 4.98 Å². The molecule has 0 saturated heterocycles. The number of rotatable bonds is 7. The maximum Gasteiger partial charge on any atom is 0.335 e. The van der Waals surface area contributed by atoms with Gasteiger partial charge < -0.3 is 9.84 Å². The Labute approximate surface area is 173 Å². The number of hydrogen-bond donors (Lipinski definition) is 1. The summed E-state index contributed by atoms with van der Waals surface area (Å²) in [5.41, 5.74) is 3.12. The lowest BCUT2D eigenvalue weighted by Crippen LogP contribution is -2.01. The lowest BCUT2D eigenvalue weighted by Gasteiger charge is -2.13. The van der Waals surface area contributed by atoms with Gasteiger partial charge in [-0.25, -0.2) is 14.2 Å². The van der Waals surface area contributed by atoms with Crippen molar-refractivity contribution in [3.05, 3.63) is 64.7 Å². The van der Waals surface area contributed by atoms with Crippen LogP contribution in [0, 0.1) is 5.82 Å². The first-order chi connectivity index (χ1) is 13.9. The fourth-order valence-electron chi connectivity index (χ4n) is 2.98. The number of aryl methyl sites for hydroxylation is 1. The highest BCUT2D eigenvalue weighted by Gasteiger charge is 2.17. The van der Waals surface area contributed by atoms with Gasteiger partial charge in [0.15, 0.2) is 11.6 Å². The van der Waals surface area contributed by atoms with Gasteiger partial charge in [-0.05, 0) is 37.1 Å². The Hall–Kier alpha value is -2.99. The molecule has 1 heterocycles. The van der Waals surface area contributed by atoms with E-state index in [1.807, 2.05) is 0 Å². The zero-order chi connectivity index (χ0) is 21.0. The number of aromatic carboxylic acids is 1. The molecule has 0 aliphatic carbocycles. The van der Waals surface area contributed by atoms with Crippen molar-refractivity contribution in [3.63, 3.8) is 0 Å². The van der Waals surface area contributed by atoms with Crippen LogP contribution in [0.15, 0.2) is 42.6 Å². The Morgan fingerprint density at radius 2 is 1.90 bits per heavy atom. The third kappa shape index (κ3) is 4.54. The molecule has 0 fully saturated rings. The van der Waals surface area contributed by atoms with Crippen LogP contribution in [0.5, 0.6) is 5.75 Å². The summed E-state index contributed by atoms with van der Waals surface area (Å²) < 4.78 is 19.4. The van der Waals surface area contributed by atoms with Crippen molar-refractivity contribution in [2.45, 2.75) is 26.2 Å². The minimum Gasteiger partial charge on any atom is -0.492 e. The van der Waals surface area contributed by atoms with Gasteiger partial charge >= 0.3 is 5.97 Å². The Bertz CT molecular complexity index is 1020. The van der Waals surface area contributed by atoms with Gasteiger partial charge in [-0.15, -0.1) is 0 Å². The fourth-order valence-corrected chi connectivity index (χ4v) is 3.26. The number of ether oxygens (including phenoxy) is 1. The summed E-state index contributed by atoms with van der Waals surface area (Å²) in [5.74, 6) is -1.64. The van der Waals surface area contributed by atoms with Crippen molar-refractivity contribution in [3.8, 4) is 28.3 Å². The molecule has 0 spiro atoms. The molecule has 150 valence electrons. The molecular formula is C22H20ClFN2O3. The summed E-state index contributed by atoms with van der Waals surface area (Å²) in [6, 6.07) is 9.22.